The number of rotatable bonds is 3. The van der Waals surface area contributed by atoms with Gasteiger partial charge in [-0.3, -0.25) is 9.59 Å². The standard InChI is InChI=1S/C17H13NO3/c1-2-9-18-12-7-8-13(19)15-14(12)16(20)10-5-3-4-6-11(10)17(15)21/h2-8,18-19H,1,9H2. The van der Waals surface area contributed by atoms with Crippen LogP contribution in [0.5, 0.6) is 5.75 Å². The summed E-state index contributed by atoms with van der Waals surface area (Å²) in [6, 6.07) is 9.66. The third-order valence-corrected chi connectivity index (χ3v) is 3.49. The van der Waals surface area contributed by atoms with Gasteiger partial charge in [-0.1, -0.05) is 30.3 Å². The summed E-state index contributed by atoms with van der Waals surface area (Å²) in [5.74, 6) is -0.773. The average Bonchev–Trinajstić information content (AvgIpc) is 2.51. The van der Waals surface area contributed by atoms with Crippen molar-refractivity contribution in [2.24, 2.45) is 0 Å². The Bertz CT molecular complexity index is 778. The number of phenols is 1. The fourth-order valence-electron chi connectivity index (χ4n) is 2.54. The molecule has 2 N–H and O–H groups in total. The van der Waals surface area contributed by atoms with Crippen molar-refractivity contribution in [3.8, 4) is 5.75 Å². The number of carbonyl (C=O) groups excluding carboxylic acids is 2. The van der Waals surface area contributed by atoms with Crippen LogP contribution in [0.2, 0.25) is 0 Å². The monoisotopic (exact) mass is 279 g/mol. The normalized spacial score (nSPS) is 12.6. The van der Waals surface area contributed by atoms with E-state index >= 15 is 0 Å². The lowest BCUT2D eigenvalue weighted by atomic mass is 9.82. The number of hydrogen-bond donors (Lipinski definition) is 2. The molecule has 0 atom stereocenters. The second kappa shape index (κ2) is 4.90. The van der Waals surface area contributed by atoms with Gasteiger partial charge in [0.15, 0.2) is 11.6 Å². The Morgan fingerprint density at radius 3 is 2.24 bits per heavy atom. The molecule has 1 aliphatic rings. The molecule has 4 heteroatoms. The first-order valence-electron chi connectivity index (χ1n) is 6.54. The zero-order chi connectivity index (χ0) is 15.0. The molecule has 0 unspecified atom stereocenters. The van der Waals surface area contributed by atoms with Crippen LogP contribution in [0.4, 0.5) is 5.69 Å². The van der Waals surface area contributed by atoms with Crippen molar-refractivity contribution < 1.29 is 14.7 Å². The Labute approximate surface area is 121 Å². The quantitative estimate of drug-likeness (QED) is 0.571. The Kier molecular flexibility index (Phi) is 3.06. The molecular weight excluding hydrogens is 266 g/mol. The van der Waals surface area contributed by atoms with Crippen LogP contribution in [0.3, 0.4) is 0 Å². The second-order valence-corrected chi connectivity index (χ2v) is 4.76. The van der Waals surface area contributed by atoms with Gasteiger partial charge in [0.2, 0.25) is 0 Å². The number of nitrogens with one attached hydrogen (secondary N) is 1. The minimum atomic E-state index is -0.333. The van der Waals surface area contributed by atoms with E-state index in [2.05, 4.69) is 11.9 Å². The zero-order valence-electron chi connectivity index (χ0n) is 11.2. The molecule has 3 rings (SSSR count). The third-order valence-electron chi connectivity index (χ3n) is 3.49. The van der Waals surface area contributed by atoms with Crippen molar-refractivity contribution in [3.63, 3.8) is 0 Å². The molecule has 1 aliphatic carbocycles. The van der Waals surface area contributed by atoms with Crippen LogP contribution < -0.4 is 5.32 Å². The van der Waals surface area contributed by atoms with Gasteiger partial charge in [-0.2, -0.15) is 0 Å². The predicted molar refractivity (Wildman–Crippen MR) is 80.1 cm³/mol. The highest BCUT2D eigenvalue weighted by Crippen LogP contribution is 2.36. The maximum atomic E-state index is 12.7. The van der Waals surface area contributed by atoms with Gasteiger partial charge in [0.1, 0.15) is 5.75 Å². The first-order chi connectivity index (χ1) is 10.1. The molecule has 0 fully saturated rings. The lowest BCUT2D eigenvalue weighted by molar-refractivity contribution is 0.0977. The Balaban J connectivity index is 2.26. The second-order valence-electron chi connectivity index (χ2n) is 4.76. The summed E-state index contributed by atoms with van der Waals surface area (Å²) in [6.45, 7) is 4.07. The molecule has 4 nitrogen and oxygen atoms in total. The molecular formula is C17H13NO3. The Hall–Kier alpha value is -2.88. The number of carbonyl (C=O) groups is 2. The van der Waals surface area contributed by atoms with Crippen molar-refractivity contribution in [3.05, 3.63) is 71.3 Å². The molecule has 2 aromatic rings. The fourth-order valence-corrected chi connectivity index (χ4v) is 2.54. The zero-order valence-corrected chi connectivity index (χ0v) is 11.2. The van der Waals surface area contributed by atoms with Crippen molar-refractivity contribution in [1.29, 1.82) is 0 Å². The Morgan fingerprint density at radius 1 is 1.00 bits per heavy atom. The van der Waals surface area contributed by atoms with Crippen LogP contribution in [0.1, 0.15) is 31.8 Å². The molecule has 0 aromatic heterocycles. The highest BCUT2D eigenvalue weighted by molar-refractivity contribution is 6.31. The van der Waals surface area contributed by atoms with E-state index in [4.69, 9.17) is 0 Å². The van der Waals surface area contributed by atoms with Crippen molar-refractivity contribution in [2.75, 3.05) is 11.9 Å². The summed E-state index contributed by atoms with van der Waals surface area (Å²) in [5, 5.41) is 13.0. The number of aromatic hydroxyl groups is 1. The number of benzene rings is 2. The number of hydrogen-bond acceptors (Lipinski definition) is 4. The van der Waals surface area contributed by atoms with Crippen LogP contribution in [0.25, 0.3) is 0 Å². The van der Waals surface area contributed by atoms with Crippen LogP contribution in [0.15, 0.2) is 49.1 Å². The molecule has 0 saturated heterocycles. The topological polar surface area (TPSA) is 66.4 Å². The maximum absolute atomic E-state index is 12.7. The van der Waals surface area contributed by atoms with Gasteiger partial charge in [0.05, 0.1) is 11.1 Å². The molecule has 0 spiro atoms. The van der Waals surface area contributed by atoms with Crippen molar-refractivity contribution in [1.82, 2.24) is 0 Å². The highest BCUT2D eigenvalue weighted by atomic mass is 16.3. The molecule has 0 radical (unpaired) electrons. The van der Waals surface area contributed by atoms with Crippen LogP contribution in [0, 0.1) is 0 Å². The van der Waals surface area contributed by atoms with Gasteiger partial charge in [0.25, 0.3) is 0 Å². The van der Waals surface area contributed by atoms with Gasteiger partial charge >= 0.3 is 0 Å². The largest absolute Gasteiger partial charge is 0.507 e. The van der Waals surface area contributed by atoms with Gasteiger partial charge < -0.3 is 10.4 Å². The summed E-state index contributed by atoms with van der Waals surface area (Å²) in [7, 11) is 0. The first-order valence-corrected chi connectivity index (χ1v) is 6.54. The molecule has 0 amide bonds. The van der Waals surface area contributed by atoms with Crippen LogP contribution in [-0.2, 0) is 0 Å². The highest BCUT2D eigenvalue weighted by Gasteiger charge is 2.33. The van der Waals surface area contributed by atoms with Crippen LogP contribution >= 0.6 is 0 Å². The van der Waals surface area contributed by atoms with Gasteiger partial charge in [-0.25, -0.2) is 0 Å². The molecule has 0 saturated carbocycles. The summed E-state index contributed by atoms with van der Waals surface area (Å²) in [5.41, 5.74) is 1.50. The predicted octanol–water partition coefficient (Wildman–Crippen LogP) is 2.77. The fraction of sp³-hybridized carbons (Fsp3) is 0.0588. The van der Waals surface area contributed by atoms with E-state index in [-0.39, 0.29) is 28.4 Å². The molecule has 0 heterocycles. The molecule has 0 bridgehead atoms. The summed E-state index contributed by atoms with van der Waals surface area (Å²) in [4.78, 5) is 25.2. The van der Waals surface area contributed by atoms with E-state index in [9.17, 15) is 14.7 Å². The molecule has 104 valence electrons. The summed E-state index contributed by atoms with van der Waals surface area (Å²) < 4.78 is 0. The van der Waals surface area contributed by atoms with E-state index in [1.807, 2.05) is 0 Å². The molecule has 0 aliphatic heterocycles. The number of fused-ring (bicyclic) bond motifs is 2. The summed E-state index contributed by atoms with van der Waals surface area (Å²) in [6.07, 6.45) is 1.66. The van der Waals surface area contributed by atoms with E-state index in [1.54, 1.807) is 36.4 Å². The number of phenolic OH excluding ortho intramolecular Hbond substituents is 1. The van der Waals surface area contributed by atoms with Crippen molar-refractivity contribution in [2.45, 2.75) is 0 Å². The Morgan fingerprint density at radius 2 is 1.62 bits per heavy atom. The smallest absolute Gasteiger partial charge is 0.198 e. The number of anilines is 1. The minimum absolute atomic E-state index is 0.0627. The first kappa shape index (κ1) is 13.1. The van der Waals surface area contributed by atoms with Crippen molar-refractivity contribution >= 4 is 17.3 Å². The van der Waals surface area contributed by atoms with Crippen LogP contribution in [-0.4, -0.2) is 23.2 Å². The average molecular weight is 279 g/mol. The van der Waals surface area contributed by atoms with E-state index in [0.29, 0.717) is 23.4 Å². The number of ketones is 2. The van der Waals surface area contributed by atoms with E-state index < -0.39 is 0 Å². The van der Waals surface area contributed by atoms with Gasteiger partial charge in [0, 0.05) is 23.4 Å². The third kappa shape index (κ3) is 1.92. The summed E-state index contributed by atoms with van der Waals surface area (Å²) >= 11 is 0. The minimum Gasteiger partial charge on any atom is -0.507 e. The maximum Gasteiger partial charge on any atom is 0.198 e. The lowest BCUT2D eigenvalue weighted by Gasteiger charge is -2.21. The van der Waals surface area contributed by atoms with E-state index in [1.165, 1.54) is 6.07 Å². The van der Waals surface area contributed by atoms with Gasteiger partial charge in [-0.05, 0) is 12.1 Å². The van der Waals surface area contributed by atoms with E-state index in [0.717, 1.165) is 0 Å². The van der Waals surface area contributed by atoms with Gasteiger partial charge in [-0.15, -0.1) is 6.58 Å². The lowest BCUT2D eigenvalue weighted by Crippen LogP contribution is -2.22. The molecule has 2 aromatic carbocycles. The molecule has 21 heavy (non-hydrogen) atoms. The SMILES string of the molecule is C=CCNc1ccc(O)c2c1C(=O)c1ccccc1C2=O.